The van der Waals surface area contributed by atoms with Gasteiger partial charge in [-0.25, -0.2) is 9.59 Å². The van der Waals surface area contributed by atoms with Crippen LogP contribution in [-0.2, 0) is 11.8 Å². The number of urea groups is 1. The third kappa shape index (κ3) is 3.38. The molecule has 7 nitrogen and oxygen atoms in total. The van der Waals surface area contributed by atoms with Crippen molar-refractivity contribution in [1.29, 1.82) is 0 Å². The number of anilines is 1. The summed E-state index contributed by atoms with van der Waals surface area (Å²) < 4.78 is 1.48. The van der Waals surface area contributed by atoms with E-state index in [1.165, 1.54) is 15.8 Å². The van der Waals surface area contributed by atoms with Gasteiger partial charge in [-0.05, 0) is 12.1 Å². The first-order valence-corrected chi connectivity index (χ1v) is 6.29. The second-order valence-corrected chi connectivity index (χ2v) is 4.56. The minimum absolute atomic E-state index is 0.416. The zero-order valence-electron chi connectivity index (χ0n) is 11.7. The summed E-state index contributed by atoms with van der Waals surface area (Å²) in [6.07, 6.45) is 2.98. The van der Waals surface area contributed by atoms with Gasteiger partial charge in [-0.1, -0.05) is 18.2 Å². The molecule has 1 aromatic carbocycles. The van der Waals surface area contributed by atoms with E-state index >= 15 is 0 Å². The van der Waals surface area contributed by atoms with Gasteiger partial charge in [0.2, 0.25) is 0 Å². The number of nitrogens with one attached hydrogen (secondary N) is 1. The lowest BCUT2D eigenvalue weighted by Gasteiger charge is -2.21. The molecular weight excluding hydrogens is 272 g/mol. The highest BCUT2D eigenvalue weighted by Crippen LogP contribution is 2.15. The van der Waals surface area contributed by atoms with Gasteiger partial charge in [-0.2, -0.15) is 5.10 Å². The van der Waals surface area contributed by atoms with Crippen LogP contribution in [0.25, 0.3) is 0 Å². The fourth-order valence-electron chi connectivity index (χ4n) is 1.87. The Labute approximate surface area is 121 Å². The van der Waals surface area contributed by atoms with Gasteiger partial charge in [-0.15, -0.1) is 0 Å². The van der Waals surface area contributed by atoms with E-state index in [0.717, 1.165) is 0 Å². The summed E-state index contributed by atoms with van der Waals surface area (Å²) in [4.78, 5) is 24.8. The first-order chi connectivity index (χ1) is 9.99. The molecule has 0 aliphatic carbocycles. The number of aliphatic carboxylic acids is 1. The number of amides is 2. The van der Waals surface area contributed by atoms with Crippen molar-refractivity contribution in [2.45, 2.75) is 6.04 Å². The van der Waals surface area contributed by atoms with Gasteiger partial charge >= 0.3 is 12.0 Å². The monoisotopic (exact) mass is 288 g/mol. The maximum absolute atomic E-state index is 12.2. The molecule has 0 spiro atoms. The van der Waals surface area contributed by atoms with Crippen molar-refractivity contribution in [2.75, 3.05) is 11.9 Å². The Balaban J connectivity index is 2.14. The molecule has 2 amide bonds. The summed E-state index contributed by atoms with van der Waals surface area (Å²) in [6.45, 7) is 0. The second-order valence-electron chi connectivity index (χ2n) is 4.56. The average Bonchev–Trinajstić information content (AvgIpc) is 2.90. The molecule has 0 saturated heterocycles. The maximum Gasteiger partial charge on any atom is 0.331 e. The number of benzene rings is 1. The molecule has 1 unspecified atom stereocenters. The molecule has 2 N–H and O–H groups in total. The lowest BCUT2D eigenvalue weighted by atomic mass is 10.1. The number of aryl methyl sites for hydroxylation is 1. The molecule has 0 aliphatic rings. The Morgan fingerprint density at radius 2 is 2.00 bits per heavy atom. The zero-order valence-corrected chi connectivity index (χ0v) is 11.7. The number of hydrogen-bond acceptors (Lipinski definition) is 3. The van der Waals surface area contributed by atoms with Crippen molar-refractivity contribution >= 4 is 17.7 Å². The van der Waals surface area contributed by atoms with Crippen molar-refractivity contribution < 1.29 is 14.7 Å². The number of aromatic nitrogens is 2. The number of hydrogen-bond donors (Lipinski definition) is 2. The molecule has 1 atom stereocenters. The van der Waals surface area contributed by atoms with Crippen LogP contribution in [0.2, 0.25) is 0 Å². The third-order valence-corrected chi connectivity index (χ3v) is 3.02. The summed E-state index contributed by atoms with van der Waals surface area (Å²) in [6, 6.07) is 7.32. The van der Waals surface area contributed by atoms with Gasteiger partial charge in [0.25, 0.3) is 0 Å². The van der Waals surface area contributed by atoms with E-state index in [1.807, 2.05) is 6.07 Å². The molecule has 110 valence electrons. The van der Waals surface area contributed by atoms with Crippen LogP contribution in [0, 0.1) is 0 Å². The van der Waals surface area contributed by atoms with Gasteiger partial charge in [0.15, 0.2) is 6.04 Å². The van der Waals surface area contributed by atoms with Gasteiger partial charge in [-0.3, -0.25) is 9.58 Å². The van der Waals surface area contributed by atoms with E-state index in [9.17, 15) is 14.7 Å². The van der Waals surface area contributed by atoms with Gasteiger partial charge in [0.1, 0.15) is 0 Å². The Morgan fingerprint density at radius 3 is 2.52 bits per heavy atom. The van der Waals surface area contributed by atoms with Crippen LogP contribution in [0.5, 0.6) is 0 Å². The lowest BCUT2D eigenvalue weighted by molar-refractivity contribution is -0.139. The van der Waals surface area contributed by atoms with Crippen molar-refractivity contribution in [3.8, 4) is 0 Å². The number of nitrogens with zero attached hydrogens (tertiary/aromatic N) is 3. The molecule has 2 rings (SSSR count). The van der Waals surface area contributed by atoms with E-state index in [4.69, 9.17) is 0 Å². The summed E-state index contributed by atoms with van der Waals surface area (Å²) in [5.41, 5.74) is 1.09. The number of carbonyl (C=O) groups is 2. The summed E-state index contributed by atoms with van der Waals surface area (Å²) in [7, 11) is 3.26. The van der Waals surface area contributed by atoms with Crippen LogP contribution >= 0.6 is 0 Å². The first-order valence-electron chi connectivity index (χ1n) is 6.29. The molecule has 0 radical (unpaired) electrons. The van der Waals surface area contributed by atoms with Crippen LogP contribution in [0.3, 0.4) is 0 Å². The molecule has 0 saturated carbocycles. The largest absolute Gasteiger partial charge is 0.479 e. The van der Waals surface area contributed by atoms with Gasteiger partial charge in [0.05, 0.1) is 6.20 Å². The van der Waals surface area contributed by atoms with Crippen LogP contribution < -0.4 is 10.2 Å². The molecule has 1 heterocycles. The van der Waals surface area contributed by atoms with E-state index in [-0.39, 0.29) is 0 Å². The zero-order chi connectivity index (χ0) is 15.4. The number of carbonyl (C=O) groups excluding carboxylic acids is 1. The highest BCUT2D eigenvalue weighted by molar-refractivity contribution is 5.94. The van der Waals surface area contributed by atoms with Gasteiger partial charge in [0, 0.05) is 31.5 Å². The highest BCUT2D eigenvalue weighted by atomic mass is 16.4. The van der Waals surface area contributed by atoms with Crippen LogP contribution in [-0.4, -0.2) is 33.9 Å². The standard InChI is InChI=1S/C14H16N4O3/c1-17-9-10(8-15-17)12(13(19)20)16-14(21)18(2)11-6-4-3-5-7-11/h3-9,12H,1-2H3,(H,16,21)(H,19,20). The minimum atomic E-state index is -1.14. The predicted octanol–water partition coefficient (Wildman–Crippen LogP) is 1.39. The molecule has 0 bridgehead atoms. The first kappa shape index (κ1) is 14.6. The fourth-order valence-corrected chi connectivity index (χ4v) is 1.87. The number of carboxylic acid groups (broad SMARTS) is 1. The van der Waals surface area contributed by atoms with Crippen molar-refractivity contribution in [2.24, 2.45) is 7.05 Å². The van der Waals surface area contributed by atoms with E-state index < -0.39 is 18.0 Å². The normalized spacial score (nSPS) is 11.7. The quantitative estimate of drug-likeness (QED) is 0.890. The molecule has 2 aromatic rings. The molecule has 21 heavy (non-hydrogen) atoms. The number of rotatable bonds is 4. The smallest absolute Gasteiger partial charge is 0.331 e. The minimum Gasteiger partial charge on any atom is -0.479 e. The topological polar surface area (TPSA) is 87.5 Å². The number of para-hydroxylation sites is 1. The third-order valence-electron chi connectivity index (χ3n) is 3.02. The van der Waals surface area contributed by atoms with E-state index in [0.29, 0.717) is 11.3 Å². The van der Waals surface area contributed by atoms with E-state index in [1.54, 1.807) is 44.6 Å². The molecule has 1 aromatic heterocycles. The second kappa shape index (κ2) is 6.08. The Morgan fingerprint density at radius 1 is 1.33 bits per heavy atom. The highest BCUT2D eigenvalue weighted by Gasteiger charge is 2.25. The number of carboxylic acids is 1. The van der Waals surface area contributed by atoms with E-state index in [2.05, 4.69) is 10.4 Å². The lowest BCUT2D eigenvalue weighted by Crippen LogP contribution is -2.42. The summed E-state index contributed by atoms with van der Waals surface area (Å²) >= 11 is 0. The molecule has 0 fully saturated rings. The van der Waals surface area contributed by atoms with Crippen LogP contribution in [0.15, 0.2) is 42.7 Å². The van der Waals surface area contributed by atoms with Gasteiger partial charge < -0.3 is 10.4 Å². The summed E-state index contributed by atoms with van der Waals surface area (Å²) in [5.74, 6) is -1.14. The average molecular weight is 288 g/mol. The predicted molar refractivity (Wildman–Crippen MR) is 77.0 cm³/mol. The summed E-state index contributed by atoms with van der Waals surface area (Å²) in [5, 5.41) is 15.7. The molecule has 0 aliphatic heterocycles. The SMILES string of the molecule is CN(C(=O)NC(C(=O)O)c1cnn(C)c1)c1ccccc1. The Bertz CT molecular complexity index is 639. The fraction of sp³-hybridized carbons (Fsp3) is 0.214. The van der Waals surface area contributed by atoms with Crippen molar-refractivity contribution in [3.05, 3.63) is 48.3 Å². The van der Waals surface area contributed by atoms with Crippen molar-refractivity contribution in [1.82, 2.24) is 15.1 Å². The maximum atomic E-state index is 12.2. The Kier molecular flexibility index (Phi) is 4.22. The molecule has 7 heteroatoms. The van der Waals surface area contributed by atoms with Crippen LogP contribution in [0.4, 0.5) is 10.5 Å². The molecular formula is C14H16N4O3. The Hall–Kier alpha value is -2.83. The van der Waals surface area contributed by atoms with Crippen molar-refractivity contribution in [3.63, 3.8) is 0 Å². The van der Waals surface area contributed by atoms with Crippen LogP contribution in [0.1, 0.15) is 11.6 Å².